The normalized spacial score (nSPS) is 33.6. The molecule has 5 heterocycles. The Morgan fingerprint density at radius 2 is 1.74 bits per heavy atom. The molecule has 3 aliphatic heterocycles. The first-order valence-electron chi connectivity index (χ1n) is 10.5. The van der Waals surface area contributed by atoms with Crippen LogP contribution in [0.15, 0.2) is 35.0 Å². The highest BCUT2D eigenvalue weighted by atomic mass is 32.1. The number of hydrogen-bond acceptors (Lipinski definition) is 8. The number of aliphatic hydroxyl groups is 1. The number of nitrogens with zero attached hydrogens (tertiary/aromatic N) is 1. The van der Waals surface area contributed by atoms with E-state index in [0.717, 1.165) is 0 Å². The van der Waals surface area contributed by atoms with E-state index < -0.39 is 11.6 Å². The molecule has 2 aromatic heterocycles. The Labute approximate surface area is 188 Å². The lowest BCUT2D eigenvalue weighted by atomic mass is 9.94. The standard InChI is InChI=1S/C22H26NO6S2/c1-3-27-18(24)12-23(2)14-10-13(11-15(23)20-19(14)29-20)28-21(25)22(26,16-6-4-8-30-16)17-7-5-9-31-17/h4-9,13-15,19-20,26H,3,10-12H2,1-2H3/q+1/t13?,14?,15?,19-,20+,23?. The fraction of sp³-hybridized carbons (Fsp3) is 0.545. The molecule has 0 aromatic carbocycles. The fourth-order valence-corrected chi connectivity index (χ4v) is 7.12. The smallest absolute Gasteiger partial charge is 0.361 e. The van der Waals surface area contributed by atoms with Crippen LogP contribution in [0.25, 0.3) is 0 Å². The molecule has 1 N–H and O–H groups in total. The first kappa shape index (κ1) is 21.1. The number of quaternary nitrogens is 1. The van der Waals surface area contributed by atoms with Gasteiger partial charge in [-0.25, -0.2) is 9.59 Å². The summed E-state index contributed by atoms with van der Waals surface area (Å²) in [6.45, 7) is 2.47. The van der Waals surface area contributed by atoms with Gasteiger partial charge in [0.15, 0.2) is 6.54 Å². The van der Waals surface area contributed by atoms with Gasteiger partial charge >= 0.3 is 11.9 Å². The summed E-state index contributed by atoms with van der Waals surface area (Å²) in [7, 11) is 2.08. The minimum atomic E-state index is -1.80. The predicted molar refractivity (Wildman–Crippen MR) is 115 cm³/mol. The molecule has 0 radical (unpaired) electrons. The second kappa shape index (κ2) is 7.67. The van der Waals surface area contributed by atoms with Crippen LogP contribution in [0.5, 0.6) is 0 Å². The number of likely N-dealkylation sites (N-methyl/N-ethyl adjacent to an activating group) is 1. The van der Waals surface area contributed by atoms with Crippen molar-refractivity contribution in [3.63, 3.8) is 0 Å². The van der Waals surface area contributed by atoms with Crippen LogP contribution >= 0.6 is 22.7 Å². The fourth-order valence-electron chi connectivity index (χ4n) is 5.40. The van der Waals surface area contributed by atoms with Gasteiger partial charge in [0.05, 0.1) is 23.4 Å². The SMILES string of the molecule is CCOC(=O)C[N+]1(C)C2CC(OC(=O)C(O)(c3cccs3)c3cccs3)CC1[C@@H]1O[C@H]21. The highest BCUT2D eigenvalue weighted by Crippen LogP contribution is 2.53. The van der Waals surface area contributed by atoms with Crippen molar-refractivity contribution in [3.05, 3.63) is 44.8 Å². The Morgan fingerprint density at radius 3 is 2.23 bits per heavy atom. The summed E-state index contributed by atoms with van der Waals surface area (Å²) < 4.78 is 17.5. The average Bonchev–Trinajstić information content (AvgIpc) is 3.10. The van der Waals surface area contributed by atoms with Crippen molar-refractivity contribution in [2.75, 3.05) is 20.2 Å². The third kappa shape index (κ3) is 3.34. The van der Waals surface area contributed by atoms with Gasteiger partial charge in [-0.1, -0.05) is 12.1 Å². The van der Waals surface area contributed by atoms with Gasteiger partial charge in [-0.15, -0.1) is 22.7 Å². The van der Waals surface area contributed by atoms with Gasteiger partial charge in [-0.05, 0) is 29.8 Å². The third-order valence-corrected chi connectivity index (χ3v) is 8.90. The van der Waals surface area contributed by atoms with Crippen molar-refractivity contribution in [1.82, 2.24) is 0 Å². The summed E-state index contributed by atoms with van der Waals surface area (Å²) >= 11 is 2.66. The quantitative estimate of drug-likeness (QED) is 0.384. The van der Waals surface area contributed by atoms with Crippen molar-refractivity contribution >= 4 is 34.6 Å². The number of hydrogen-bond donors (Lipinski definition) is 1. The molecule has 31 heavy (non-hydrogen) atoms. The van der Waals surface area contributed by atoms with E-state index in [1.807, 2.05) is 22.9 Å². The number of fused-ring (bicyclic) bond motifs is 5. The van der Waals surface area contributed by atoms with E-state index in [9.17, 15) is 14.7 Å². The maximum atomic E-state index is 13.3. The van der Waals surface area contributed by atoms with Crippen molar-refractivity contribution in [2.24, 2.45) is 0 Å². The summed E-state index contributed by atoms with van der Waals surface area (Å²) in [5, 5.41) is 15.2. The van der Waals surface area contributed by atoms with E-state index >= 15 is 0 Å². The van der Waals surface area contributed by atoms with E-state index in [0.29, 0.717) is 40.2 Å². The first-order chi connectivity index (χ1) is 14.9. The number of ether oxygens (including phenoxy) is 3. The van der Waals surface area contributed by atoms with Crippen molar-refractivity contribution in [2.45, 2.75) is 55.8 Å². The molecular formula is C22H26NO6S2+. The molecule has 0 aliphatic carbocycles. The van der Waals surface area contributed by atoms with E-state index in [1.54, 1.807) is 19.1 Å². The lowest BCUT2D eigenvalue weighted by molar-refractivity contribution is -0.949. The Bertz CT molecular complexity index is 907. The second-order valence-electron chi connectivity index (χ2n) is 8.67. The van der Waals surface area contributed by atoms with Crippen molar-refractivity contribution in [3.8, 4) is 0 Å². The molecule has 4 unspecified atom stereocenters. The molecule has 3 fully saturated rings. The van der Waals surface area contributed by atoms with Crippen LogP contribution in [0.2, 0.25) is 0 Å². The van der Waals surface area contributed by atoms with Gasteiger partial charge in [0.1, 0.15) is 30.4 Å². The lowest BCUT2D eigenvalue weighted by Gasteiger charge is -2.47. The maximum absolute atomic E-state index is 13.3. The van der Waals surface area contributed by atoms with Crippen LogP contribution in [0, 0.1) is 0 Å². The topological polar surface area (TPSA) is 85.4 Å². The molecule has 5 rings (SSSR count). The van der Waals surface area contributed by atoms with Crippen molar-refractivity contribution in [1.29, 1.82) is 0 Å². The summed E-state index contributed by atoms with van der Waals surface area (Å²) in [5.74, 6) is -0.848. The summed E-state index contributed by atoms with van der Waals surface area (Å²) in [5.41, 5.74) is -1.80. The van der Waals surface area contributed by atoms with Crippen LogP contribution in [-0.2, 0) is 29.4 Å². The molecule has 6 atom stereocenters. The van der Waals surface area contributed by atoms with E-state index in [1.165, 1.54) is 22.7 Å². The van der Waals surface area contributed by atoms with Crippen molar-refractivity contribution < 1.29 is 33.4 Å². The molecule has 3 saturated heterocycles. The number of thiophene rings is 2. The van der Waals surface area contributed by atoms with E-state index in [2.05, 4.69) is 7.05 Å². The zero-order valence-electron chi connectivity index (χ0n) is 17.4. The van der Waals surface area contributed by atoms with Crippen LogP contribution < -0.4 is 0 Å². The number of carbonyl (C=O) groups excluding carboxylic acids is 2. The largest absolute Gasteiger partial charge is 0.462 e. The molecule has 9 heteroatoms. The van der Waals surface area contributed by atoms with Gasteiger partial charge < -0.3 is 23.8 Å². The molecule has 0 spiro atoms. The molecule has 0 amide bonds. The number of esters is 2. The monoisotopic (exact) mass is 464 g/mol. The van der Waals surface area contributed by atoms with Gasteiger partial charge in [0, 0.05) is 12.8 Å². The predicted octanol–water partition coefficient (Wildman–Crippen LogP) is 2.28. The molecule has 3 aliphatic rings. The molecule has 7 nitrogen and oxygen atoms in total. The molecule has 2 bridgehead atoms. The maximum Gasteiger partial charge on any atom is 0.361 e. The molecule has 2 aromatic rings. The Kier molecular flexibility index (Phi) is 5.22. The van der Waals surface area contributed by atoms with Crippen LogP contribution in [0.4, 0.5) is 0 Å². The highest BCUT2D eigenvalue weighted by molar-refractivity contribution is 7.12. The number of carbonyl (C=O) groups is 2. The summed E-state index contributed by atoms with van der Waals surface area (Å²) in [6.07, 6.45) is 1.08. The Morgan fingerprint density at radius 1 is 1.16 bits per heavy atom. The zero-order chi connectivity index (χ0) is 21.8. The first-order valence-corrected chi connectivity index (χ1v) is 12.3. The number of epoxide rings is 1. The summed E-state index contributed by atoms with van der Waals surface area (Å²) in [4.78, 5) is 26.6. The average molecular weight is 465 g/mol. The van der Waals surface area contributed by atoms with Crippen LogP contribution in [0.3, 0.4) is 0 Å². The van der Waals surface area contributed by atoms with Gasteiger partial charge in [-0.3, -0.25) is 0 Å². The number of rotatable bonds is 7. The Balaban J connectivity index is 1.34. The minimum Gasteiger partial charge on any atom is -0.462 e. The number of piperidine rings is 1. The third-order valence-electron chi connectivity index (χ3n) is 6.94. The lowest BCUT2D eigenvalue weighted by Crippen LogP contribution is -2.64. The van der Waals surface area contributed by atoms with E-state index in [-0.39, 0.29) is 36.4 Å². The number of morpholine rings is 1. The van der Waals surface area contributed by atoms with Crippen LogP contribution in [0.1, 0.15) is 29.5 Å². The van der Waals surface area contributed by atoms with E-state index in [4.69, 9.17) is 14.2 Å². The van der Waals surface area contributed by atoms with Gasteiger partial charge in [0.25, 0.3) is 0 Å². The Hall–Kier alpha value is -1.78. The molecule has 0 saturated carbocycles. The van der Waals surface area contributed by atoms with Gasteiger partial charge in [-0.2, -0.15) is 0 Å². The second-order valence-corrected chi connectivity index (χ2v) is 10.6. The van der Waals surface area contributed by atoms with Gasteiger partial charge in [0.2, 0.25) is 5.60 Å². The zero-order valence-corrected chi connectivity index (χ0v) is 19.1. The minimum absolute atomic E-state index is 0.0718. The summed E-state index contributed by atoms with van der Waals surface area (Å²) in [6, 6.07) is 7.29. The van der Waals surface area contributed by atoms with Crippen LogP contribution in [-0.4, -0.2) is 72.1 Å². The molecule has 166 valence electrons. The molecular weight excluding hydrogens is 438 g/mol. The highest BCUT2D eigenvalue weighted by Gasteiger charge is 2.72.